The van der Waals surface area contributed by atoms with Crippen molar-refractivity contribution in [3.05, 3.63) is 68.7 Å². The van der Waals surface area contributed by atoms with Gasteiger partial charge in [0, 0.05) is 23.2 Å². The molecule has 160 valence electrons. The van der Waals surface area contributed by atoms with Gasteiger partial charge in [0.15, 0.2) is 11.0 Å². The normalized spacial score (nSPS) is 10.6. The molecule has 0 bridgehead atoms. The Kier molecular flexibility index (Phi) is 7.31. The van der Waals surface area contributed by atoms with Crippen LogP contribution in [0.1, 0.15) is 0 Å². The molecule has 0 saturated heterocycles. The van der Waals surface area contributed by atoms with Crippen LogP contribution in [0.5, 0.6) is 5.75 Å². The smallest absolute Gasteiger partial charge is 0.271 e. The van der Waals surface area contributed by atoms with E-state index in [0.717, 1.165) is 16.2 Å². The van der Waals surface area contributed by atoms with Gasteiger partial charge < -0.3 is 10.4 Å². The number of benzene rings is 2. The molecular weight excluding hydrogens is 510 g/mol. The molecule has 2 N–H and O–H groups in total. The van der Waals surface area contributed by atoms with Crippen molar-refractivity contribution in [1.29, 1.82) is 0 Å². The molecule has 12 heteroatoms. The van der Waals surface area contributed by atoms with Crippen molar-refractivity contribution in [2.24, 2.45) is 0 Å². The SMILES string of the molecule is C=CCn1c(SCC(=O)Nc2cc([N+](=O)[O-])ccc2Cl)nnc1-c1cc(Br)ccc1O. The summed E-state index contributed by atoms with van der Waals surface area (Å²) in [7, 11) is 0. The highest BCUT2D eigenvalue weighted by Crippen LogP contribution is 2.33. The lowest BCUT2D eigenvalue weighted by Gasteiger charge is -2.10. The molecule has 3 aromatic rings. The number of carbonyl (C=O) groups is 1. The van der Waals surface area contributed by atoms with Gasteiger partial charge in [-0.3, -0.25) is 19.5 Å². The highest BCUT2D eigenvalue weighted by Gasteiger charge is 2.18. The molecule has 1 aromatic heterocycles. The zero-order valence-corrected chi connectivity index (χ0v) is 18.9. The number of rotatable bonds is 8. The van der Waals surface area contributed by atoms with Crippen LogP contribution in [0.15, 0.2) is 58.7 Å². The third-order valence-corrected chi connectivity index (χ3v) is 5.78. The second-order valence-corrected chi connectivity index (χ2v) is 8.39. The van der Waals surface area contributed by atoms with Crippen molar-refractivity contribution in [3.8, 4) is 17.1 Å². The van der Waals surface area contributed by atoms with E-state index in [-0.39, 0.29) is 27.9 Å². The van der Waals surface area contributed by atoms with E-state index in [1.54, 1.807) is 22.8 Å². The maximum Gasteiger partial charge on any atom is 0.271 e. The zero-order valence-electron chi connectivity index (χ0n) is 15.8. The molecule has 31 heavy (non-hydrogen) atoms. The maximum atomic E-state index is 12.4. The van der Waals surface area contributed by atoms with E-state index in [2.05, 4.69) is 38.0 Å². The molecule has 1 heterocycles. The van der Waals surface area contributed by atoms with Gasteiger partial charge in [-0.05, 0) is 24.3 Å². The quantitative estimate of drug-likeness (QED) is 0.186. The summed E-state index contributed by atoms with van der Waals surface area (Å²) in [6, 6.07) is 8.74. The minimum atomic E-state index is -0.572. The molecule has 0 aliphatic carbocycles. The summed E-state index contributed by atoms with van der Waals surface area (Å²) in [5, 5.41) is 32.6. The number of anilines is 1. The van der Waals surface area contributed by atoms with Gasteiger partial charge in [0.25, 0.3) is 5.69 Å². The third kappa shape index (κ3) is 5.43. The second kappa shape index (κ2) is 9.94. The van der Waals surface area contributed by atoms with Crippen LogP contribution in [0.2, 0.25) is 5.02 Å². The van der Waals surface area contributed by atoms with E-state index in [1.807, 2.05) is 0 Å². The minimum absolute atomic E-state index is 0.0375. The number of carbonyl (C=O) groups excluding carboxylic acids is 1. The van der Waals surface area contributed by atoms with Gasteiger partial charge in [-0.25, -0.2) is 0 Å². The van der Waals surface area contributed by atoms with Crippen LogP contribution < -0.4 is 5.32 Å². The number of phenolic OH excluding ortho intramolecular Hbond substituents is 1. The zero-order chi connectivity index (χ0) is 22.5. The topological polar surface area (TPSA) is 123 Å². The van der Waals surface area contributed by atoms with Crippen LogP contribution in [0, 0.1) is 10.1 Å². The Labute approximate surface area is 194 Å². The van der Waals surface area contributed by atoms with Crippen molar-refractivity contribution < 1.29 is 14.8 Å². The number of nitro benzene ring substituents is 1. The Bertz CT molecular complexity index is 1170. The molecule has 2 aromatic carbocycles. The van der Waals surface area contributed by atoms with E-state index in [9.17, 15) is 20.0 Å². The minimum Gasteiger partial charge on any atom is -0.507 e. The number of halogens is 2. The van der Waals surface area contributed by atoms with Gasteiger partial charge in [-0.2, -0.15) is 0 Å². The van der Waals surface area contributed by atoms with Gasteiger partial charge in [0.05, 0.1) is 26.9 Å². The van der Waals surface area contributed by atoms with Crippen molar-refractivity contribution in [2.45, 2.75) is 11.7 Å². The number of hydrogen-bond acceptors (Lipinski definition) is 7. The van der Waals surface area contributed by atoms with E-state index in [1.165, 1.54) is 24.3 Å². The first-order chi connectivity index (χ1) is 14.8. The second-order valence-electron chi connectivity index (χ2n) is 6.13. The Balaban J connectivity index is 1.78. The number of amides is 1. The Morgan fingerprint density at radius 1 is 1.35 bits per heavy atom. The molecule has 0 fully saturated rings. The maximum absolute atomic E-state index is 12.4. The number of aromatic hydroxyl groups is 1. The van der Waals surface area contributed by atoms with E-state index >= 15 is 0 Å². The number of hydrogen-bond donors (Lipinski definition) is 2. The standard InChI is InChI=1S/C19H15BrClN5O4S/c1-2-7-25-18(13-8-11(20)3-6-16(13)27)23-24-19(25)31-10-17(28)22-15-9-12(26(29)30)4-5-14(15)21/h2-6,8-9,27H,1,7,10H2,(H,22,28). The molecule has 0 atom stereocenters. The summed E-state index contributed by atoms with van der Waals surface area (Å²) >= 11 is 10.5. The van der Waals surface area contributed by atoms with Crippen LogP contribution in [-0.2, 0) is 11.3 Å². The number of nitro groups is 1. The first kappa shape index (κ1) is 22.8. The lowest BCUT2D eigenvalue weighted by atomic mass is 10.2. The fourth-order valence-corrected chi connectivity index (χ4v) is 3.89. The number of non-ortho nitro benzene ring substituents is 1. The summed E-state index contributed by atoms with van der Waals surface area (Å²) in [5.74, 6) is -0.00932. The lowest BCUT2D eigenvalue weighted by Crippen LogP contribution is -2.15. The summed E-state index contributed by atoms with van der Waals surface area (Å²) in [4.78, 5) is 22.7. The van der Waals surface area contributed by atoms with Crippen molar-refractivity contribution >= 4 is 56.6 Å². The molecule has 1 amide bonds. The number of nitrogens with zero attached hydrogens (tertiary/aromatic N) is 4. The Morgan fingerprint density at radius 2 is 2.13 bits per heavy atom. The number of thioether (sulfide) groups is 1. The van der Waals surface area contributed by atoms with Crippen LogP contribution in [0.25, 0.3) is 11.4 Å². The monoisotopic (exact) mass is 523 g/mol. The Hall–Kier alpha value is -2.89. The fourth-order valence-electron chi connectivity index (χ4n) is 2.61. The summed E-state index contributed by atoms with van der Waals surface area (Å²) < 4.78 is 2.48. The number of nitrogens with one attached hydrogen (secondary N) is 1. The predicted octanol–water partition coefficient (Wildman–Crippen LogP) is 4.89. The van der Waals surface area contributed by atoms with E-state index in [0.29, 0.717) is 23.1 Å². The van der Waals surface area contributed by atoms with E-state index in [4.69, 9.17) is 11.6 Å². The first-order valence-electron chi connectivity index (χ1n) is 8.69. The summed E-state index contributed by atoms with van der Waals surface area (Å²) in [5.41, 5.74) is 0.439. The molecule has 9 nitrogen and oxygen atoms in total. The summed E-state index contributed by atoms with van der Waals surface area (Å²) in [6.45, 7) is 4.08. The summed E-state index contributed by atoms with van der Waals surface area (Å²) in [6.07, 6.45) is 1.65. The van der Waals surface area contributed by atoms with Gasteiger partial charge in [0.1, 0.15) is 5.75 Å². The van der Waals surface area contributed by atoms with Crippen molar-refractivity contribution in [2.75, 3.05) is 11.1 Å². The molecule has 0 unspecified atom stereocenters. The van der Waals surface area contributed by atoms with Crippen molar-refractivity contribution in [1.82, 2.24) is 14.8 Å². The predicted molar refractivity (Wildman–Crippen MR) is 122 cm³/mol. The number of aromatic nitrogens is 3. The molecule has 0 spiro atoms. The van der Waals surface area contributed by atoms with Crippen LogP contribution >= 0.6 is 39.3 Å². The van der Waals surface area contributed by atoms with Crippen molar-refractivity contribution in [3.63, 3.8) is 0 Å². The van der Waals surface area contributed by atoms with Crippen LogP contribution in [0.3, 0.4) is 0 Å². The van der Waals surface area contributed by atoms with E-state index < -0.39 is 10.8 Å². The Morgan fingerprint density at radius 3 is 2.84 bits per heavy atom. The van der Waals surface area contributed by atoms with Gasteiger partial charge >= 0.3 is 0 Å². The van der Waals surface area contributed by atoms with Gasteiger partial charge in [-0.1, -0.05) is 45.4 Å². The molecular formula is C19H15BrClN5O4S. The highest BCUT2D eigenvalue weighted by atomic mass is 79.9. The molecule has 3 rings (SSSR count). The fraction of sp³-hybridized carbons (Fsp3) is 0.105. The molecule has 0 aliphatic heterocycles. The van der Waals surface area contributed by atoms with Crippen LogP contribution in [-0.4, -0.2) is 36.5 Å². The molecule has 0 radical (unpaired) electrons. The molecule has 0 saturated carbocycles. The lowest BCUT2D eigenvalue weighted by molar-refractivity contribution is -0.384. The van der Waals surface area contributed by atoms with Gasteiger partial charge in [0.2, 0.25) is 5.91 Å². The largest absolute Gasteiger partial charge is 0.507 e. The highest BCUT2D eigenvalue weighted by molar-refractivity contribution is 9.10. The average Bonchev–Trinajstić information content (AvgIpc) is 3.12. The first-order valence-corrected chi connectivity index (χ1v) is 10.9. The third-order valence-electron chi connectivity index (χ3n) is 4.00. The number of phenols is 1. The average molecular weight is 525 g/mol. The number of allylic oxidation sites excluding steroid dienone is 1. The van der Waals surface area contributed by atoms with Gasteiger partial charge in [-0.15, -0.1) is 16.8 Å². The molecule has 0 aliphatic rings. The van der Waals surface area contributed by atoms with Crippen LogP contribution in [0.4, 0.5) is 11.4 Å².